The van der Waals surface area contributed by atoms with Crippen LogP contribution in [0.1, 0.15) is 31.1 Å². The Morgan fingerprint density at radius 3 is 2.56 bits per heavy atom. The number of hydrogen-bond donors (Lipinski definition) is 1. The number of nitrogens with zero attached hydrogens (tertiary/aromatic N) is 2. The molecular weight excluding hydrogens is 401 g/mol. The summed E-state index contributed by atoms with van der Waals surface area (Å²) in [5.74, 6) is 0.776. The van der Waals surface area contributed by atoms with E-state index in [0.717, 1.165) is 22.9 Å². The molecule has 0 aliphatic carbocycles. The van der Waals surface area contributed by atoms with Gasteiger partial charge in [-0.3, -0.25) is 9.29 Å². The molecule has 3 aromatic rings. The summed E-state index contributed by atoms with van der Waals surface area (Å²) in [7, 11) is 0. The van der Waals surface area contributed by atoms with Crippen molar-refractivity contribution in [2.45, 2.75) is 38.3 Å². The monoisotopic (exact) mass is 421 g/mol. The molecule has 3 rings (SSSR count). The number of aryl methyl sites for hydroxylation is 1. The van der Waals surface area contributed by atoms with Gasteiger partial charge in [-0.25, -0.2) is 4.98 Å². The van der Waals surface area contributed by atoms with Crippen LogP contribution in [0.3, 0.4) is 0 Å². The minimum atomic E-state index is 0.0623. The zero-order valence-electron chi connectivity index (χ0n) is 15.4. The van der Waals surface area contributed by atoms with Gasteiger partial charge in [0.15, 0.2) is 0 Å². The van der Waals surface area contributed by atoms with Crippen molar-refractivity contribution < 1.29 is 4.74 Å². The summed E-state index contributed by atoms with van der Waals surface area (Å²) in [6.07, 6.45) is 1.85. The molecule has 0 bridgehead atoms. The van der Waals surface area contributed by atoms with Gasteiger partial charge in [-0.05, 0) is 63.1 Å². The highest BCUT2D eigenvalue weighted by Gasteiger charge is 2.16. The number of imidazole rings is 1. The number of aromatic nitrogens is 2. The van der Waals surface area contributed by atoms with E-state index in [-0.39, 0.29) is 6.04 Å². The lowest BCUT2D eigenvalue weighted by molar-refractivity contribution is 0.408. The zero-order chi connectivity index (χ0) is 19.4. The lowest BCUT2D eigenvalue weighted by atomic mass is 10.2. The molecule has 0 aliphatic heterocycles. The third kappa shape index (κ3) is 4.99. The van der Waals surface area contributed by atoms with Gasteiger partial charge in [0.25, 0.3) is 0 Å². The van der Waals surface area contributed by atoms with E-state index < -0.39 is 0 Å². The maximum Gasteiger partial charge on any atom is 0.302 e. The highest BCUT2D eigenvalue weighted by atomic mass is 35.5. The molecule has 0 spiro atoms. The Kier molecular flexibility index (Phi) is 6.71. The van der Waals surface area contributed by atoms with Crippen molar-refractivity contribution in [3.63, 3.8) is 0 Å². The predicted molar refractivity (Wildman–Crippen MR) is 113 cm³/mol. The number of halogens is 2. The summed E-state index contributed by atoms with van der Waals surface area (Å²) in [4.78, 5) is 5.45. The van der Waals surface area contributed by atoms with E-state index in [2.05, 4.69) is 28.1 Å². The Morgan fingerprint density at radius 1 is 1.15 bits per heavy atom. The fraction of sp³-hybridized carbons (Fsp3) is 0.250. The van der Waals surface area contributed by atoms with Crippen molar-refractivity contribution in [3.8, 4) is 11.8 Å². The van der Waals surface area contributed by atoms with Crippen LogP contribution in [0.4, 0.5) is 0 Å². The number of rotatable bonds is 7. The molecule has 0 saturated heterocycles. The van der Waals surface area contributed by atoms with Gasteiger partial charge >= 0.3 is 6.01 Å². The first-order valence-corrected chi connectivity index (χ1v) is 10.2. The van der Waals surface area contributed by atoms with Gasteiger partial charge in [-0.15, -0.1) is 0 Å². The molecule has 0 radical (unpaired) electrons. The van der Waals surface area contributed by atoms with E-state index in [1.54, 1.807) is 6.07 Å². The smallest absolute Gasteiger partial charge is 0.302 e. The lowest BCUT2D eigenvalue weighted by Gasteiger charge is -2.16. The molecule has 0 amide bonds. The lowest BCUT2D eigenvalue weighted by Crippen LogP contribution is -2.15. The molecule has 142 valence electrons. The Labute approximate surface area is 174 Å². The van der Waals surface area contributed by atoms with E-state index in [4.69, 9.17) is 27.9 Å². The summed E-state index contributed by atoms with van der Waals surface area (Å²) in [6, 6.07) is 14.2. The highest BCUT2D eigenvalue weighted by Crippen LogP contribution is 2.30. The second kappa shape index (κ2) is 9.02. The average molecular weight is 422 g/mol. The second-order valence-corrected chi connectivity index (χ2v) is 7.87. The van der Waals surface area contributed by atoms with Crippen molar-refractivity contribution in [3.05, 3.63) is 70.0 Å². The molecule has 7 heteroatoms. The van der Waals surface area contributed by atoms with Gasteiger partial charge in [0.1, 0.15) is 5.75 Å². The predicted octanol–water partition coefficient (Wildman–Crippen LogP) is 6.67. The van der Waals surface area contributed by atoms with E-state index in [0.29, 0.717) is 16.1 Å². The molecule has 0 saturated carbocycles. The van der Waals surface area contributed by atoms with Gasteiger partial charge in [0.2, 0.25) is 0 Å². The van der Waals surface area contributed by atoms with E-state index in [1.165, 1.54) is 17.5 Å². The van der Waals surface area contributed by atoms with Crippen LogP contribution in [0.15, 0.2) is 53.6 Å². The second-order valence-electron chi connectivity index (χ2n) is 6.14. The van der Waals surface area contributed by atoms with Crippen LogP contribution in [-0.2, 0) is 6.54 Å². The van der Waals surface area contributed by atoms with Crippen molar-refractivity contribution >= 4 is 35.1 Å². The molecular formula is C20H21Cl2N3OS. The zero-order valence-corrected chi connectivity index (χ0v) is 17.7. The molecule has 27 heavy (non-hydrogen) atoms. The van der Waals surface area contributed by atoms with Crippen molar-refractivity contribution in [1.82, 2.24) is 14.3 Å². The van der Waals surface area contributed by atoms with Gasteiger partial charge in [0.05, 0.1) is 28.0 Å². The van der Waals surface area contributed by atoms with Crippen molar-refractivity contribution in [1.29, 1.82) is 0 Å². The first kappa shape index (κ1) is 20.1. The summed E-state index contributed by atoms with van der Waals surface area (Å²) < 4.78 is 11.4. The van der Waals surface area contributed by atoms with E-state index >= 15 is 0 Å². The molecule has 0 fully saturated rings. The Hall–Kier alpha value is -1.66. The molecule has 1 N–H and O–H groups in total. The van der Waals surface area contributed by atoms with Gasteiger partial charge < -0.3 is 4.74 Å². The molecule has 2 aromatic carbocycles. The Bertz CT molecular complexity index is 912. The van der Waals surface area contributed by atoms with Crippen LogP contribution in [0, 0.1) is 6.92 Å². The van der Waals surface area contributed by atoms with Gasteiger partial charge in [-0.1, -0.05) is 40.9 Å². The van der Waals surface area contributed by atoms with Crippen LogP contribution in [0.5, 0.6) is 11.8 Å². The SMILES string of the molecule is CCn1c(C(C)NSc2ccc(Cl)c(Cl)c2)cnc1Oc1ccc(C)cc1. The standard InChI is InChI=1S/C20H21Cl2N3OS/c1-4-25-19(12-23-20(25)26-15-7-5-13(2)6-8-15)14(3)24-27-16-9-10-17(21)18(22)11-16/h5-12,14,24H,4H2,1-3H3. The van der Waals surface area contributed by atoms with Gasteiger partial charge in [-0.2, -0.15) is 0 Å². The largest absolute Gasteiger partial charge is 0.426 e. The average Bonchev–Trinajstić information content (AvgIpc) is 3.07. The van der Waals surface area contributed by atoms with Crippen LogP contribution in [0.25, 0.3) is 0 Å². The summed E-state index contributed by atoms with van der Waals surface area (Å²) in [5.41, 5.74) is 2.24. The molecule has 4 nitrogen and oxygen atoms in total. The van der Waals surface area contributed by atoms with Crippen LogP contribution >= 0.6 is 35.1 Å². The first-order valence-electron chi connectivity index (χ1n) is 8.65. The third-order valence-corrected chi connectivity index (χ3v) is 5.78. The maximum atomic E-state index is 6.08. The quantitative estimate of drug-likeness (QED) is 0.432. The molecule has 1 unspecified atom stereocenters. The van der Waals surface area contributed by atoms with Gasteiger partial charge in [0, 0.05) is 11.4 Å². The normalized spacial score (nSPS) is 12.2. The topological polar surface area (TPSA) is 39.1 Å². The fourth-order valence-electron chi connectivity index (χ4n) is 2.58. The third-order valence-electron chi connectivity index (χ3n) is 4.08. The minimum Gasteiger partial charge on any atom is -0.426 e. The summed E-state index contributed by atoms with van der Waals surface area (Å²) >= 11 is 13.6. The fourth-order valence-corrected chi connectivity index (χ4v) is 3.69. The number of nitrogens with one attached hydrogen (secondary N) is 1. The Balaban J connectivity index is 1.70. The van der Waals surface area contributed by atoms with E-state index in [9.17, 15) is 0 Å². The number of ether oxygens (including phenoxy) is 1. The van der Waals surface area contributed by atoms with Crippen LogP contribution < -0.4 is 9.46 Å². The number of benzene rings is 2. The number of hydrogen-bond acceptors (Lipinski definition) is 4. The van der Waals surface area contributed by atoms with E-state index in [1.807, 2.05) is 49.5 Å². The maximum absolute atomic E-state index is 6.08. The van der Waals surface area contributed by atoms with Crippen LogP contribution in [0.2, 0.25) is 10.0 Å². The minimum absolute atomic E-state index is 0.0623. The highest BCUT2D eigenvalue weighted by molar-refractivity contribution is 7.97. The van der Waals surface area contributed by atoms with Crippen LogP contribution in [-0.4, -0.2) is 9.55 Å². The Morgan fingerprint density at radius 2 is 1.89 bits per heavy atom. The van der Waals surface area contributed by atoms with Crippen molar-refractivity contribution in [2.24, 2.45) is 0 Å². The molecule has 1 atom stereocenters. The molecule has 1 heterocycles. The molecule has 1 aromatic heterocycles. The summed E-state index contributed by atoms with van der Waals surface area (Å²) in [5, 5.41) is 1.10. The summed E-state index contributed by atoms with van der Waals surface area (Å²) in [6.45, 7) is 6.98. The first-order chi connectivity index (χ1) is 13.0. The molecule has 0 aliphatic rings. The van der Waals surface area contributed by atoms with Crippen molar-refractivity contribution in [2.75, 3.05) is 0 Å².